The molecule has 0 bridgehead atoms. The van der Waals surface area contributed by atoms with Crippen molar-refractivity contribution in [2.24, 2.45) is 5.73 Å². The fourth-order valence-corrected chi connectivity index (χ4v) is 3.38. The average molecular weight is 373 g/mol. The Hall–Kier alpha value is -4.12. The maximum absolute atomic E-state index is 10.9. The molecule has 1 unspecified atom stereocenters. The molecule has 138 valence electrons. The van der Waals surface area contributed by atoms with E-state index in [9.17, 15) is 15.4 Å². The lowest BCUT2D eigenvalue weighted by molar-refractivity contribution is -0.384. The number of nitrogens with two attached hydrogens (primary N) is 1. The second kappa shape index (κ2) is 6.55. The van der Waals surface area contributed by atoms with E-state index in [-0.39, 0.29) is 11.6 Å². The van der Waals surface area contributed by atoms with Gasteiger partial charge in [0, 0.05) is 12.1 Å². The van der Waals surface area contributed by atoms with Crippen molar-refractivity contribution in [1.29, 1.82) is 5.26 Å². The van der Waals surface area contributed by atoms with Gasteiger partial charge in [-0.05, 0) is 24.6 Å². The van der Waals surface area contributed by atoms with Crippen molar-refractivity contribution in [3.8, 4) is 17.6 Å². The van der Waals surface area contributed by atoms with Crippen LogP contribution in [0.2, 0.25) is 0 Å². The quantitative estimate of drug-likeness (QED) is 0.555. The summed E-state index contributed by atoms with van der Waals surface area (Å²) >= 11 is 0. The summed E-state index contributed by atoms with van der Waals surface area (Å²) in [7, 11) is 0. The Morgan fingerprint density at radius 3 is 2.50 bits per heavy atom. The molecular weight excluding hydrogens is 358 g/mol. The summed E-state index contributed by atoms with van der Waals surface area (Å²) in [5.41, 5.74) is 9.28. The van der Waals surface area contributed by atoms with E-state index < -0.39 is 10.8 Å². The number of nitriles is 1. The van der Waals surface area contributed by atoms with Gasteiger partial charge < -0.3 is 10.5 Å². The molecule has 1 atom stereocenters. The number of ether oxygens (including phenoxy) is 1. The van der Waals surface area contributed by atoms with Crippen LogP contribution in [0.1, 0.15) is 22.7 Å². The van der Waals surface area contributed by atoms with Gasteiger partial charge in [0.05, 0.1) is 27.8 Å². The van der Waals surface area contributed by atoms with Gasteiger partial charge in [0.1, 0.15) is 11.6 Å². The van der Waals surface area contributed by atoms with Gasteiger partial charge in [0.2, 0.25) is 11.8 Å². The molecule has 1 aromatic heterocycles. The Morgan fingerprint density at radius 1 is 1.21 bits per heavy atom. The molecule has 2 N–H and O–H groups in total. The second-order valence-electron chi connectivity index (χ2n) is 6.33. The smallest absolute Gasteiger partial charge is 0.269 e. The fraction of sp³-hybridized carbons (Fsp3) is 0.100. The molecule has 0 fully saturated rings. The molecule has 2 heterocycles. The third kappa shape index (κ3) is 2.66. The molecule has 0 saturated heterocycles. The zero-order valence-corrected chi connectivity index (χ0v) is 14.9. The molecule has 8 heteroatoms. The highest BCUT2D eigenvalue weighted by molar-refractivity contribution is 5.57. The number of allylic oxidation sites excluding steroid dienone is 1. The van der Waals surface area contributed by atoms with Crippen LogP contribution >= 0.6 is 0 Å². The van der Waals surface area contributed by atoms with Crippen LogP contribution < -0.4 is 10.5 Å². The van der Waals surface area contributed by atoms with Crippen molar-refractivity contribution in [3.05, 3.63) is 93.0 Å². The Kier molecular flexibility index (Phi) is 4.05. The first-order valence-electron chi connectivity index (χ1n) is 8.48. The minimum atomic E-state index is -0.463. The molecule has 28 heavy (non-hydrogen) atoms. The molecule has 2 aromatic carbocycles. The van der Waals surface area contributed by atoms with E-state index in [2.05, 4.69) is 11.2 Å². The van der Waals surface area contributed by atoms with Gasteiger partial charge in [-0.1, -0.05) is 30.3 Å². The number of nitrogens with zero attached hydrogens (tertiary/aromatic N) is 4. The van der Waals surface area contributed by atoms with Gasteiger partial charge in [0.15, 0.2) is 0 Å². The van der Waals surface area contributed by atoms with Gasteiger partial charge >= 0.3 is 0 Å². The summed E-state index contributed by atoms with van der Waals surface area (Å²) in [4.78, 5) is 10.4. The van der Waals surface area contributed by atoms with Crippen molar-refractivity contribution in [2.75, 3.05) is 0 Å². The Labute approximate surface area is 160 Å². The van der Waals surface area contributed by atoms with E-state index >= 15 is 0 Å². The van der Waals surface area contributed by atoms with E-state index in [0.29, 0.717) is 22.8 Å². The maximum Gasteiger partial charge on any atom is 0.269 e. The van der Waals surface area contributed by atoms with Crippen LogP contribution in [0.25, 0.3) is 5.69 Å². The van der Waals surface area contributed by atoms with Crippen molar-refractivity contribution >= 4 is 5.69 Å². The van der Waals surface area contributed by atoms with Gasteiger partial charge in [-0.2, -0.15) is 10.4 Å². The molecule has 0 spiro atoms. The number of non-ortho nitro benzene ring substituents is 1. The van der Waals surface area contributed by atoms with Crippen LogP contribution in [-0.4, -0.2) is 14.7 Å². The standard InChI is InChI=1S/C20H15N5O3/c1-12-17-18(13-5-3-2-4-6-13)16(11-21)19(22)28-20(17)24(23-12)14-7-9-15(10-8-14)25(26)27/h2-10,18H,22H2,1H3. The lowest BCUT2D eigenvalue weighted by atomic mass is 9.84. The number of aryl methyl sites for hydroxylation is 1. The fourth-order valence-electron chi connectivity index (χ4n) is 3.38. The van der Waals surface area contributed by atoms with Crippen LogP contribution in [0.4, 0.5) is 5.69 Å². The predicted molar refractivity (Wildman–Crippen MR) is 101 cm³/mol. The van der Waals surface area contributed by atoms with Crippen molar-refractivity contribution in [2.45, 2.75) is 12.8 Å². The third-order valence-electron chi connectivity index (χ3n) is 4.67. The Bertz CT molecular complexity index is 1140. The molecule has 1 aliphatic heterocycles. The second-order valence-corrected chi connectivity index (χ2v) is 6.33. The number of hydrogen-bond donors (Lipinski definition) is 1. The van der Waals surface area contributed by atoms with Crippen LogP contribution in [0.5, 0.6) is 5.88 Å². The summed E-state index contributed by atoms with van der Waals surface area (Å²) in [6.07, 6.45) is 0. The molecule has 0 amide bonds. The number of aromatic nitrogens is 2. The number of hydrogen-bond acceptors (Lipinski definition) is 6. The Morgan fingerprint density at radius 2 is 1.89 bits per heavy atom. The molecule has 3 aromatic rings. The van der Waals surface area contributed by atoms with Crippen molar-refractivity contribution in [1.82, 2.24) is 9.78 Å². The lowest BCUT2D eigenvalue weighted by Crippen LogP contribution is -2.22. The molecule has 0 saturated carbocycles. The van der Waals surface area contributed by atoms with Crippen LogP contribution in [0.15, 0.2) is 66.1 Å². The monoisotopic (exact) mass is 373 g/mol. The van der Waals surface area contributed by atoms with E-state index in [1.165, 1.54) is 12.1 Å². The van der Waals surface area contributed by atoms with Gasteiger partial charge in [-0.15, -0.1) is 0 Å². The summed E-state index contributed by atoms with van der Waals surface area (Å²) in [6.45, 7) is 1.83. The van der Waals surface area contributed by atoms with E-state index in [1.807, 2.05) is 37.3 Å². The van der Waals surface area contributed by atoms with Crippen LogP contribution in [0.3, 0.4) is 0 Å². The van der Waals surface area contributed by atoms with E-state index in [4.69, 9.17) is 10.5 Å². The van der Waals surface area contributed by atoms with E-state index in [1.54, 1.807) is 16.8 Å². The summed E-state index contributed by atoms with van der Waals surface area (Å²) < 4.78 is 7.32. The maximum atomic E-state index is 10.9. The highest BCUT2D eigenvalue weighted by atomic mass is 16.6. The molecule has 1 aliphatic rings. The van der Waals surface area contributed by atoms with Crippen molar-refractivity contribution < 1.29 is 9.66 Å². The minimum Gasteiger partial charge on any atom is -0.422 e. The number of rotatable bonds is 3. The van der Waals surface area contributed by atoms with Crippen LogP contribution in [-0.2, 0) is 0 Å². The first kappa shape index (κ1) is 17.3. The molecule has 8 nitrogen and oxygen atoms in total. The van der Waals surface area contributed by atoms with Crippen LogP contribution in [0, 0.1) is 28.4 Å². The number of nitro groups is 1. The number of nitro benzene ring substituents is 1. The largest absolute Gasteiger partial charge is 0.422 e. The zero-order chi connectivity index (χ0) is 19.8. The number of fused-ring (bicyclic) bond motifs is 1. The first-order chi connectivity index (χ1) is 13.5. The SMILES string of the molecule is Cc1nn(-c2ccc([N+](=O)[O-])cc2)c2c1C(c1ccccc1)C(C#N)=C(N)O2. The predicted octanol–water partition coefficient (Wildman–Crippen LogP) is 3.31. The van der Waals surface area contributed by atoms with Gasteiger partial charge in [0.25, 0.3) is 5.69 Å². The highest BCUT2D eigenvalue weighted by Gasteiger charge is 2.36. The summed E-state index contributed by atoms with van der Waals surface area (Å²) in [5, 5.41) is 25.1. The third-order valence-corrected chi connectivity index (χ3v) is 4.67. The highest BCUT2D eigenvalue weighted by Crippen LogP contribution is 2.44. The number of benzene rings is 2. The molecular formula is C20H15N5O3. The molecule has 0 aliphatic carbocycles. The van der Waals surface area contributed by atoms with Gasteiger partial charge in [-0.3, -0.25) is 10.1 Å². The Balaban J connectivity index is 1.90. The van der Waals surface area contributed by atoms with Crippen molar-refractivity contribution in [3.63, 3.8) is 0 Å². The summed E-state index contributed by atoms with van der Waals surface area (Å²) in [5.74, 6) is 0.0189. The normalized spacial score (nSPS) is 15.5. The topological polar surface area (TPSA) is 120 Å². The summed E-state index contributed by atoms with van der Waals surface area (Å²) in [6, 6.07) is 17.7. The molecule has 4 rings (SSSR count). The minimum absolute atomic E-state index is 0.0178. The van der Waals surface area contributed by atoms with E-state index in [0.717, 1.165) is 11.1 Å². The zero-order valence-electron chi connectivity index (χ0n) is 14.9. The lowest BCUT2D eigenvalue weighted by Gasteiger charge is -2.24. The first-order valence-corrected chi connectivity index (χ1v) is 8.48. The average Bonchev–Trinajstić information content (AvgIpc) is 3.03. The molecule has 0 radical (unpaired) electrons. The van der Waals surface area contributed by atoms with Gasteiger partial charge in [-0.25, -0.2) is 4.68 Å².